The molecule has 0 fully saturated rings. The van der Waals surface area contributed by atoms with Crippen LogP contribution in [0.25, 0.3) is 0 Å². The molecule has 2 aromatic rings. The van der Waals surface area contributed by atoms with Crippen LogP contribution in [0.2, 0.25) is 0 Å². The standard InChI is InChI=1S/C14H16FNO3S2/c1-10-6-7-14(20-10)13(19-2)9-16-21(17,18)12-5-3-4-11(15)8-12/h3-8,13,16H,9H2,1-2H3. The zero-order valence-electron chi connectivity index (χ0n) is 11.7. The van der Waals surface area contributed by atoms with Crippen LogP contribution in [-0.4, -0.2) is 22.1 Å². The molecule has 1 aromatic heterocycles. The Kier molecular flexibility index (Phi) is 5.10. The zero-order valence-corrected chi connectivity index (χ0v) is 13.3. The number of benzene rings is 1. The molecule has 2 rings (SSSR count). The number of aryl methyl sites for hydroxylation is 1. The summed E-state index contributed by atoms with van der Waals surface area (Å²) in [6.45, 7) is 2.06. The van der Waals surface area contributed by atoms with E-state index in [1.54, 1.807) is 11.3 Å². The first-order valence-electron chi connectivity index (χ1n) is 6.27. The number of halogens is 1. The van der Waals surface area contributed by atoms with Gasteiger partial charge >= 0.3 is 0 Å². The lowest BCUT2D eigenvalue weighted by Crippen LogP contribution is -2.29. The maximum absolute atomic E-state index is 13.1. The van der Waals surface area contributed by atoms with Crippen molar-refractivity contribution in [2.45, 2.75) is 17.9 Å². The Bertz CT molecular complexity index is 713. The molecular formula is C14H16FNO3S2. The smallest absolute Gasteiger partial charge is 0.240 e. The molecule has 0 aliphatic rings. The molecule has 114 valence electrons. The Morgan fingerprint density at radius 1 is 1.33 bits per heavy atom. The van der Waals surface area contributed by atoms with Gasteiger partial charge in [-0.05, 0) is 37.3 Å². The number of hydrogen-bond donors (Lipinski definition) is 1. The van der Waals surface area contributed by atoms with Gasteiger partial charge in [0.25, 0.3) is 0 Å². The fourth-order valence-electron chi connectivity index (χ4n) is 1.83. The van der Waals surface area contributed by atoms with E-state index in [2.05, 4.69) is 4.72 Å². The lowest BCUT2D eigenvalue weighted by atomic mass is 10.3. The highest BCUT2D eigenvalue weighted by atomic mass is 32.2. The first-order chi connectivity index (χ1) is 9.92. The van der Waals surface area contributed by atoms with E-state index in [-0.39, 0.29) is 17.5 Å². The quantitative estimate of drug-likeness (QED) is 0.886. The summed E-state index contributed by atoms with van der Waals surface area (Å²) in [6.07, 6.45) is -0.368. The van der Waals surface area contributed by atoms with Gasteiger partial charge in [-0.15, -0.1) is 11.3 Å². The van der Waals surface area contributed by atoms with E-state index in [1.807, 2.05) is 19.1 Å². The van der Waals surface area contributed by atoms with Crippen molar-refractivity contribution in [1.29, 1.82) is 0 Å². The molecule has 0 saturated carbocycles. The van der Waals surface area contributed by atoms with E-state index in [4.69, 9.17) is 4.74 Å². The average molecular weight is 329 g/mol. The van der Waals surface area contributed by atoms with Gasteiger partial charge in [-0.3, -0.25) is 0 Å². The van der Waals surface area contributed by atoms with Crippen molar-refractivity contribution in [1.82, 2.24) is 4.72 Å². The van der Waals surface area contributed by atoms with Gasteiger partial charge in [-0.1, -0.05) is 6.07 Å². The molecule has 0 aliphatic carbocycles. The topological polar surface area (TPSA) is 55.4 Å². The molecule has 1 atom stereocenters. The first kappa shape index (κ1) is 16.1. The highest BCUT2D eigenvalue weighted by Crippen LogP contribution is 2.25. The van der Waals surface area contributed by atoms with E-state index in [1.165, 1.54) is 25.3 Å². The summed E-state index contributed by atoms with van der Waals surface area (Å²) in [4.78, 5) is 1.97. The SMILES string of the molecule is COC(CNS(=O)(=O)c1cccc(F)c1)c1ccc(C)s1. The third-order valence-corrected chi connectivity index (χ3v) is 5.44. The number of hydrogen-bond acceptors (Lipinski definition) is 4. The molecule has 1 heterocycles. The van der Waals surface area contributed by atoms with Gasteiger partial charge < -0.3 is 4.74 Å². The van der Waals surface area contributed by atoms with Gasteiger partial charge in [0.2, 0.25) is 10.0 Å². The van der Waals surface area contributed by atoms with E-state index in [9.17, 15) is 12.8 Å². The lowest BCUT2D eigenvalue weighted by Gasteiger charge is -2.15. The van der Waals surface area contributed by atoms with Gasteiger partial charge in [0, 0.05) is 23.4 Å². The predicted molar refractivity (Wildman–Crippen MR) is 80.4 cm³/mol. The third-order valence-electron chi connectivity index (χ3n) is 2.93. The molecule has 0 aliphatic heterocycles. The minimum absolute atomic E-state index is 0.0926. The number of nitrogens with one attached hydrogen (secondary N) is 1. The summed E-state index contributed by atoms with van der Waals surface area (Å²) in [5.74, 6) is -0.588. The monoisotopic (exact) mass is 329 g/mol. The van der Waals surface area contributed by atoms with Crippen LogP contribution in [0, 0.1) is 12.7 Å². The van der Waals surface area contributed by atoms with Crippen molar-refractivity contribution in [2.24, 2.45) is 0 Å². The third kappa shape index (κ3) is 4.10. The Morgan fingerprint density at radius 2 is 2.10 bits per heavy atom. The Labute approximate surface area is 127 Å². The van der Waals surface area contributed by atoms with Crippen molar-refractivity contribution in [3.05, 3.63) is 52.0 Å². The highest BCUT2D eigenvalue weighted by molar-refractivity contribution is 7.89. The molecule has 0 saturated heterocycles. The molecule has 1 N–H and O–H groups in total. The van der Waals surface area contributed by atoms with E-state index >= 15 is 0 Å². The lowest BCUT2D eigenvalue weighted by molar-refractivity contribution is 0.110. The van der Waals surface area contributed by atoms with E-state index < -0.39 is 15.8 Å². The summed E-state index contributed by atoms with van der Waals surface area (Å²) in [6, 6.07) is 8.76. The molecule has 4 nitrogen and oxygen atoms in total. The maximum atomic E-state index is 13.1. The van der Waals surface area contributed by atoms with Crippen LogP contribution < -0.4 is 4.72 Å². The van der Waals surface area contributed by atoms with Crippen molar-refractivity contribution < 1.29 is 17.5 Å². The van der Waals surface area contributed by atoms with E-state index in [0.29, 0.717) is 0 Å². The Morgan fingerprint density at radius 3 is 2.67 bits per heavy atom. The largest absolute Gasteiger partial charge is 0.375 e. The second kappa shape index (κ2) is 6.65. The molecule has 7 heteroatoms. The van der Waals surface area contributed by atoms with Gasteiger partial charge in [0.1, 0.15) is 11.9 Å². The predicted octanol–water partition coefficient (Wildman–Crippen LogP) is 2.86. The Hall–Kier alpha value is -1.28. The maximum Gasteiger partial charge on any atom is 0.240 e. The minimum Gasteiger partial charge on any atom is -0.375 e. The van der Waals surface area contributed by atoms with Crippen LogP contribution in [0.15, 0.2) is 41.3 Å². The summed E-state index contributed by atoms with van der Waals surface area (Å²) in [7, 11) is -2.23. The number of methoxy groups -OCH3 is 1. The van der Waals surface area contributed by atoms with Crippen molar-refractivity contribution in [2.75, 3.05) is 13.7 Å². The summed E-state index contributed by atoms with van der Waals surface area (Å²) < 4.78 is 45.1. The van der Waals surface area contributed by atoms with Crippen LogP contribution in [0.4, 0.5) is 4.39 Å². The number of rotatable bonds is 6. The summed E-state index contributed by atoms with van der Waals surface area (Å²) >= 11 is 1.55. The molecular weight excluding hydrogens is 313 g/mol. The summed E-state index contributed by atoms with van der Waals surface area (Å²) in [5.41, 5.74) is 0. The molecule has 0 bridgehead atoms. The van der Waals surface area contributed by atoms with Crippen LogP contribution >= 0.6 is 11.3 Å². The van der Waals surface area contributed by atoms with Crippen LogP contribution in [-0.2, 0) is 14.8 Å². The average Bonchev–Trinajstić information content (AvgIpc) is 2.86. The summed E-state index contributed by atoms with van der Waals surface area (Å²) in [5, 5.41) is 0. The first-order valence-corrected chi connectivity index (χ1v) is 8.56. The zero-order chi connectivity index (χ0) is 15.5. The molecule has 21 heavy (non-hydrogen) atoms. The fourth-order valence-corrected chi connectivity index (χ4v) is 3.85. The van der Waals surface area contributed by atoms with Gasteiger partial charge in [-0.25, -0.2) is 17.5 Å². The molecule has 1 aromatic carbocycles. The number of ether oxygens (including phenoxy) is 1. The van der Waals surface area contributed by atoms with Crippen molar-refractivity contribution >= 4 is 21.4 Å². The van der Waals surface area contributed by atoms with Crippen LogP contribution in [0.1, 0.15) is 15.9 Å². The highest BCUT2D eigenvalue weighted by Gasteiger charge is 2.19. The number of thiophene rings is 1. The normalized spacial score (nSPS) is 13.3. The van der Waals surface area contributed by atoms with Crippen molar-refractivity contribution in [3.63, 3.8) is 0 Å². The fraction of sp³-hybridized carbons (Fsp3) is 0.286. The van der Waals surface area contributed by atoms with Gasteiger partial charge in [0.05, 0.1) is 4.90 Å². The second-order valence-corrected chi connectivity index (χ2v) is 7.57. The molecule has 1 unspecified atom stereocenters. The van der Waals surface area contributed by atoms with Crippen LogP contribution in [0.5, 0.6) is 0 Å². The molecule has 0 amide bonds. The van der Waals surface area contributed by atoms with Gasteiger partial charge in [-0.2, -0.15) is 0 Å². The minimum atomic E-state index is -3.75. The van der Waals surface area contributed by atoms with Crippen molar-refractivity contribution in [3.8, 4) is 0 Å². The van der Waals surface area contributed by atoms with E-state index in [0.717, 1.165) is 15.8 Å². The van der Waals surface area contributed by atoms with Crippen LogP contribution in [0.3, 0.4) is 0 Å². The second-order valence-electron chi connectivity index (χ2n) is 4.48. The Balaban J connectivity index is 2.10. The number of sulfonamides is 1. The van der Waals surface area contributed by atoms with Gasteiger partial charge in [0.15, 0.2) is 0 Å². The molecule has 0 radical (unpaired) electrons. The molecule has 0 spiro atoms.